The first-order chi connectivity index (χ1) is 15.0. The smallest absolute Gasteiger partial charge is 0.184 e. The number of carbonyl (C=O) groups excluding carboxylic acids is 1. The zero-order chi connectivity index (χ0) is 21.8. The molecule has 1 aliphatic heterocycles. The van der Waals surface area contributed by atoms with Gasteiger partial charge in [-0.15, -0.1) is 0 Å². The zero-order valence-electron chi connectivity index (χ0n) is 19.6. The van der Waals surface area contributed by atoms with Gasteiger partial charge in [0.2, 0.25) is 0 Å². The van der Waals surface area contributed by atoms with Crippen LogP contribution in [0.1, 0.15) is 32.6 Å². The molecule has 6 rings (SSSR count). The third-order valence-electron chi connectivity index (χ3n) is 10.8. The van der Waals surface area contributed by atoms with Crippen LogP contribution in [-0.2, 0) is 23.7 Å². The van der Waals surface area contributed by atoms with Crippen LogP contribution in [0.4, 0.5) is 0 Å². The molecule has 9 atom stereocenters. The van der Waals surface area contributed by atoms with Gasteiger partial charge >= 0.3 is 0 Å². The van der Waals surface area contributed by atoms with Gasteiger partial charge in [0, 0.05) is 57.8 Å². The summed E-state index contributed by atoms with van der Waals surface area (Å²) in [6.07, 6.45) is 6.41. The molecule has 0 aromatic rings. The number of allylic oxidation sites excluding steroid dienone is 1. The molecule has 0 radical (unpaired) electrons. The van der Waals surface area contributed by atoms with E-state index in [9.17, 15) is 4.79 Å². The van der Waals surface area contributed by atoms with E-state index < -0.39 is 5.79 Å². The van der Waals surface area contributed by atoms with Gasteiger partial charge in [-0.2, -0.15) is 0 Å². The molecule has 1 heterocycles. The Morgan fingerprint density at radius 3 is 2.58 bits per heavy atom. The number of ether oxygens (including phenoxy) is 4. The average molecular weight is 432 g/mol. The van der Waals surface area contributed by atoms with E-state index >= 15 is 0 Å². The van der Waals surface area contributed by atoms with Crippen LogP contribution in [0.3, 0.4) is 0 Å². The molecule has 6 nitrogen and oxygen atoms in total. The maximum absolute atomic E-state index is 13.3. The Morgan fingerprint density at radius 1 is 1.16 bits per heavy atom. The molecule has 1 spiro atoms. The summed E-state index contributed by atoms with van der Waals surface area (Å²) in [4.78, 5) is 16.1. The monoisotopic (exact) mass is 431 g/mol. The van der Waals surface area contributed by atoms with Crippen LogP contribution >= 0.6 is 0 Å². The lowest BCUT2D eigenvalue weighted by atomic mass is 9.44. The van der Waals surface area contributed by atoms with E-state index in [1.807, 2.05) is 20.3 Å². The molecule has 6 aliphatic rings. The SMILES string of the molecule is CCN1C[C@]2(COC)CCC(OC)[C@@]34[C@@H]5C[C@@H]6C(=O)C=C([C@@H](C[C@H]23)[C@@H]14)[C@H]5C6(OC)OC. The second kappa shape index (κ2) is 6.63. The van der Waals surface area contributed by atoms with Crippen molar-refractivity contribution in [3.8, 4) is 0 Å². The van der Waals surface area contributed by atoms with Crippen LogP contribution in [0.2, 0.25) is 0 Å². The third-order valence-corrected chi connectivity index (χ3v) is 10.8. The maximum Gasteiger partial charge on any atom is 0.184 e. The Kier molecular flexibility index (Phi) is 4.45. The van der Waals surface area contributed by atoms with Crippen LogP contribution in [0.5, 0.6) is 0 Å². The van der Waals surface area contributed by atoms with Gasteiger partial charge in [-0.25, -0.2) is 0 Å². The number of methoxy groups -OCH3 is 4. The number of carbonyl (C=O) groups is 1. The summed E-state index contributed by atoms with van der Waals surface area (Å²) in [5, 5.41) is 0. The third kappa shape index (κ3) is 2.07. The lowest BCUT2D eigenvalue weighted by molar-refractivity contribution is -0.272. The Morgan fingerprint density at radius 2 is 1.94 bits per heavy atom. The summed E-state index contributed by atoms with van der Waals surface area (Å²) in [5.74, 6) is 0.548. The van der Waals surface area contributed by atoms with Crippen LogP contribution in [0, 0.1) is 40.4 Å². The van der Waals surface area contributed by atoms with Crippen molar-refractivity contribution in [2.75, 3.05) is 48.1 Å². The van der Waals surface area contributed by atoms with E-state index in [0.29, 0.717) is 23.8 Å². The molecule has 0 aromatic carbocycles. The van der Waals surface area contributed by atoms with E-state index in [1.165, 1.54) is 5.57 Å². The number of likely N-dealkylation sites (tertiary alicyclic amines) is 1. The first kappa shape index (κ1) is 20.8. The minimum Gasteiger partial charge on any atom is -0.384 e. The Balaban J connectivity index is 1.61. The van der Waals surface area contributed by atoms with Crippen molar-refractivity contribution in [1.29, 1.82) is 0 Å². The molecule has 6 heteroatoms. The number of ketones is 1. The number of fused-ring (bicyclic) bond motifs is 2. The maximum atomic E-state index is 13.3. The average Bonchev–Trinajstić information content (AvgIpc) is 3.17. The first-order valence-corrected chi connectivity index (χ1v) is 12.1. The highest BCUT2D eigenvalue weighted by atomic mass is 16.7. The molecule has 1 saturated heterocycles. The Hall–Kier alpha value is -0.790. The molecule has 5 aliphatic carbocycles. The standard InChI is InChI=1S/C25H37NO5/c1-6-26-12-23(13-28-2)8-7-20(29-3)24-17-11-16-18(27)9-14(15(22(24)26)10-19(23)24)21(17)25(16,30-4)31-5/h9,15-17,19-22H,6-8,10-13H2,1-5H3/t15-,16-,17-,19-,20?,21-,22-,23+,24-/m1/s1. The fourth-order valence-corrected chi connectivity index (χ4v) is 10.3. The van der Waals surface area contributed by atoms with Crippen LogP contribution in [0.25, 0.3) is 0 Å². The predicted octanol–water partition coefficient (Wildman–Crippen LogP) is 2.52. The number of hydrogen-bond donors (Lipinski definition) is 0. The number of hydrogen-bond acceptors (Lipinski definition) is 6. The molecule has 0 N–H and O–H groups in total. The van der Waals surface area contributed by atoms with Gasteiger partial charge in [0.1, 0.15) is 0 Å². The Labute approximate surface area is 185 Å². The fourth-order valence-electron chi connectivity index (χ4n) is 10.3. The van der Waals surface area contributed by atoms with Crippen molar-refractivity contribution >= 4 is 5.78 Å². The van der Waals surface area contributed by atoms with Crippen molar-refractivity contribution in [2.45, 2.75) is 50.5 Å². The van der Waals surface area contributed by atoms with Crippen molar-refractivity contribution in [2.24, 2.45) is 40.4 Å². The molecule has 31 heavy (non-hydrogen) atoms. The van der Waals surface area contributed by atoms with E-state index in [2.05, 4.69) is 11.8 Å². The number of rotatable bonds is 6. The Bertz CT molecular complexity index is 823. The minimum atomic E-state index is -0.827. The molecular formula is C25H37NO5. The molecule has 0 amide bonds. The summed E-state index contributed by atoms with van der Waals surface area (Å²) in [7, 11) is 7.22. The highest BCUT2D eigenvalue weighted by Gasteiger charge is 2.81. The van der Waals surface area contributed by atoms with Gasteiger partial charge in [-0.3, -0.25) is 9.69 Å². The second-order valence-corrected chi connectivity index (χ2v) is 11.0. The second-order valence-electron chi connectivity index (χ2n) is 11.0. The highest BCUT2D eigenvalue weighted by molar-refractivity contribution is 5.95. The fraction of sp³-hybridized carbons (Fsp3) is 0.880. The molecule has 4 saturated carbocycles. The first-order valence-electron chi connectivity index (χ1n) is 12.1. The zero-order valence-corrected chi connectivity index (χ0v) is 19.6. The number of nitrogens with zero attached hydrogens (tertiary/aromatic N) is 1. The van der Waals surface area contributed by atoms with E-state index in [4.69, 9.17) is 18.9 Å². The van der Waals surface area contributed by atoms with Gasteiger partial charge in [0.05, 0.1) is 18.6 Å². The largest absolute Gasteiger partial charge is 0.384 e. The number of piperidine rings is 1. The molecule has 1 unspecified atom stereocenters. The van der Waals surface area contributed by atoms with Crippen molar-refractivity contribution in [1.82, 2.24) is 4.90 Å². The minimum absolute atomic E-state index is 0.0220. The quantitative estimate of drug-likeness (QED) is 0.603. The van der Waals surface area contributed by atoms with Gasteiger partial charge in [0.15, 0.2) is 11.6 Å². The summed E-state index contributed by atoms with van der Waals surface area (Å²) < 4.78 is 24.5. The predicted molar refractivity (Wildman–Crippen MR) is 114 cm³/mol. The highest BCUT2D eigenvalue weighted by Crippen LogP contribution is 2.78. The van der Waals surface area contributed by atoms with E-state index in [-0.39, 0.29) is 34.6 Å². The lowest BCUT2D eigenvalue weighted by Gasteiger charge is -2.68. The van der Waals surface area contributed by atoms with E-state index in [0.717, 1.165) is 45.4 Å². The van der Waals surface area contributed by atoms with Gasteiger partial charge < -0.3 is 18.9 Å². The lowest BCUT2D eigenvalue weighted by Crippen LogP contribution is -2.73. The van der Waals surface area contributed by atoms with Gasteiger partial charge in [-0.1, -0.05) is 12.5 Å². The van der Waals surface area contributed by atoms with Gasteiger partial charge in [0.25, 0.3) is 0 Å². The van der Waals surface area contributed by atoms with Crippen LogP contribution < -0.4 is 0 Å². The molecule has 0 aromatic heterocycles. The van der Waals surface area contributed by atoms with Crippen molar-refractivity contribution in [3.63, 3.8) is 0 Å². The topological polar surface area (TPSA) is 57.2 Å². The summed E-state index contributed by atoms with van der Waals surface area (Å²) in [6, 6.07) is 0.432. The van der Waals surface area contributed by atoms with E-state index in [1.54, 1.807) is 14.2 Å². The van der Waals surface area contributed by atoms with Crippen molar-refractivity contribution in [3.05, 3.63) is 11.6 Å². The van der Waals surface area contributed by atoms with Crippen LogP contribution in [0.15, 0.2) is 11.6 Å². The summed E-state index contributed by atoms with van der Waals surface area (Å²) in [5.41, 5.74) is 1.49. The molecular weight excluding hydrogens is 394 g/mol. The van der Waals surface area contributed by atoms with Crippen LogP contribution in [-0.4, -0.2) is 76.8 Å². The summed E-state index contributed by atoms with van der Waals surface area (Å²) >= 11 is 0. The molecule has 172 valence electrons. The molecule has 7 bridgehead atoms. The molecule has 5 fully saturated rings. The normalized spacial score (nSPS) is 51.2. The van der Waals surface area contributed by atoms with Crippen molar-refractivity contribution < 1.29 is 23.7 Å². The van der Waals surface area contributed by atoms with Gasteiger partial charge in [-0.05, 0) is 56.1 Å². The summed E-state index contributed by atoms with van der Waals surface area (Å²) in [6.45, 7) is 5.23.